The summed E-state index contributed by atoms with van der Waals surface area (Å²) in [5, 5.41) is 10.7. The van der Waals surface area contributed by atoms with Gasteiger partial charge < -0.3 is 14.7 Å². The quantitative estimate of drug-likeness (QED) is 0.802. The van der Waals surface area contributed by atoms with Gasteiger partial charge in [0, 0.05) is 33.0 Å². The molecule has 24 heavy (non-hydrogen) atoms. The van der Waals surface area contributed by atoms with Crippen molar-refractivity contribution in [1.82, 2.24) is 4.90 Å². The Labute approximate surface area is 145 Å². The average Bonchev–Trinajstić information content (AvgIpc) is 2.82. The molecule has 136 valence electrons. The summed E-state index contributed by atoms with van der Waals surface area (Å²) in [4.78, 5) is 14.2. The fraction of sp³-hybridized carbons (Fsp3) is 0.950. The van der Waals surface area contributed by atoms with Crippen molar-refractivity contribution in [1.29, 1.82) is 0 Å². The van der Waals surface area contributed by atoms with E-state index in [4.69, 9.17) is 4.74 Å². The van der Waals surface area contributed by atoms with Crippen molar-refractivity contribution in [3.05, 3.63) is 0 Å². The summed E-state index contributed by atoms with van der Waals surface area (Å²) in [5.74, 6) is 2.08. The number of aliphatic hydroxyl groups is 1. The molecular weight excluding hydrogens is 302 g/mol. The van der Waals surface area contributed by atoms with Crippen molar-refractivity contribution < 1.29 is 14.6 Å². The molecule has 4 rings (SSSR count). The maximum Gasteiger partial charge on any atom is 0.222 e. The van der Waals surface area contributed by atoms with Crippen LogP contribution >= 0.6 is 0 Å². The standard InChI is InChI=1S/C20H33NO3/c1-19-10-8-17(23)21(3)15(19)6-5-12-13(19)7-9-20(2)16(22)11-14(24-4)18(12)20/h12-16,18,22H,5-11H2,1-4H3/t12-,13-,14?,15?,16?,18-,19-,20-/m1/s1. The summed E-state index contributed by atoms with van der Waals surface area (Å²) >= 11 is 0. The van der Waals surface area contributed by atoms with Gasteiger partial charge in [0.05, 0.1) is 12.2 Å². The number of hydrogen-bond acceptors (Lipinski definition) is 3. The number of hydrogen-bond donors (Lipinski definition) is 1. The third-order valence-corrected chi connectivity index (χ3v) is 8.77. The van der Waals surface area contributed by atoms with Crippen molar-refractivity contribution in [2.24, 2.45) is 28.6 Å². The van der Waals surface area contributed by atoms with Crippen LogP contribution in [0.25, 0.3) is 0 Å². The Morgan fingerprint density at radius 1 is 1.17 bits per heavy atom. The zero-order chi connectivity index (χ0) is 17.3. The zero-order valence-corrected chi connectivity index (χ0v) is 15.6. The molecule has 0 radical (unpaired) electrons. The molecule has 1 N–H and O–H groups in total. The molecule has 4 aliphatic rings. The average molecular weight is 335 g/mol. The van der Waals surface area contributed by atoms with Crippen LogP contribution in [0.2, 0.25) is 0 Å². The lowest BCUT2D eigenvalue weighted by Gasteiger charge is -2.61. The van der Waals surface area contributed by atoms with E-state index in [1.54, 1.807) is 0 Å². The Balaban J connectivity index is 1.68. The Hall–Kier alpha value is -0.610. The molecule has 4 nitrogen and oxygen atoms in total. The van der Waals surface area contributed by atoms with Gasteiger partial charge in [-0.1, -0.05) is 13.8 Å². The van der Waals surface area contributed by atoms with E-state index in [2.05, 4.69) is 13.8 Å². The van der Waals surface area contributed by atoms with E-state index in [1.807, 2.05) is 19.1 Å². The van der Waals surface area contributed by atoms with E-state index in [-0.39, 0.29) is 23.0 Å². The minimum atomic E-state index is -0.227. The predicted octanol–water partition coefficient (Wildman–Crippen LogP) is 2.84. The van der Waals surface area contributed by atoms with Crippen molar-refractivity contribution in [2.75, 3.05) is 14.2 Å². The van der Waals surface area contributed by atoms with E-state index in [0.717, 1.165) is 25.7 Å². The fourth-order valence-electron chi connectivity index (χ4n) is 7.40. The molecule has 3 aliphatic carbocycles. The van der Waals surface area contributed by atoms with Crippen LogP contribution < -0.4 is 0 Å². The highest BCUT2D eigenvalue weighted by Crippen LogP contribution is 2.65. The van der Waals surface area contributed by atoms with E-state index >= 15 is 0 Å². The second-order valence-electron chi connectivity index (χ2n) is 9.47. The molecule has 0 aromatic heterocycles. The van der Waals surface area contributed by atoms with Gasteiger partial charge in [0.25, 0.3) is 0 Å². The fourth-order valence-corrected chi connectivity index (χ4v) is 7.40. The monoisotopic (exact) mass is 335 g/mol. The highest BCUT2D eigenvalue weighted by atomic mass is 16.5. The lowest BCUT2D eigenvalue weighted by molar-refractivity contribution is -0.165. The van der Waals surface area contributed by atoms with Crippen molar-refractivity contribution in [3.63, 3.8) is 0 Å². The second kappa shape index (κ2) is 5.44. The number of nitrogens with zero attached hydrogens (tertiary/aromatic N) is 1. The first kappa shape index (κ1) is 16.8. The number of fused-ring (bicyclic) bond motifs is 5. The zero-order valence-electron chi connectivity index (χ0n) is 15.6. The number of aliphatic hydroxyl groups excluding tert-OH is 1. The minimum Gasteiger partial charge on any atom is -0.392 e. The molecule has 0 aromatic rings. The molecule has 4 heteroatoms. The first-order valence-electron chi connectivity index (χ1n) is 9.79. The lowest BCUT2D eigenvalue weighted by atomic mass is 9.47. The SMILES string of the molecule is COC1CC(O)[C@@]2(C)CC[C@@H]3[C@@H](CCC4N(C)C(=O)CC[C@@]43C)[C@H]12. The number of carbonyl (C=O) groups is 1. The molecule has 0 spiro atoms. The van der Waals surface area contributed by atoms with Crippen LogP contribution in [-0.2, 0) is 9.53 Å². The van der Waals surface area contributed by atoms with Gasteiger partial charge in [-0.05, 0) is 60.7 Å². The third kappa shape index (κ3) is 2.02. The maximum absolute atomic E-state index is 12.2. The molecule has 1 heterocycles. The number of amides is 1. The van der Waals surface area contributed by atoms with E-state index in [9.17, 15) is 9.90 Å². The normalized spacial score (nSPS) is 54.2. The molecule has 1 amide bonds. The maximum atomic E-state index is 12.2. The molecule has 1 aliphatic heterocycles. The third-order valence-electron chi connectivity index (χ3n) is 8.77. The highest BCUT2D eigenvalue weighted by Gasteiger charge is 2.63. The van der Waals surface area contributed by atoms with Gasteiger partial charge in [0.15, 0.2) is 0 Å². The summed E-state index contributed by atoms with van der Waals surface area (Å²) < 4.78 is 5.85. The van der Waals surface area contributed by atoms with Gasteiger partial charge in [-0.2, -0.15) is 0 Å². The van der Waals surface area contributed by atoms with Crippen LogP contribution in [0.5, 0.6) is 0 Å². The molecule has 3 unspecified atom stereocenters. The molecule has 3 saturated carbocycles. The molecule has 0 bridgehead atoms. The van der Waals surface area contributed by atoms with Crippen molar-refractivity contribution in [3.8, 4) is 0 Å². The van der Waals surface area contributed by atoms with Crippen LogP contribution in [0, 0.1) is 28.6 Å². The van der Waals surface area contributed by atoms with E-state index < -0.39 is 0 Å². The van der Waals surface area contributed by atoms with E-state index in [1.165, 1.54) is 12.8 Å². The molecule has 1 saturated heterocycles. The first-order chi connectivity index (χ1) is 11.3. The predicted molar refractivity (Wildman–Crippen MR) is 92.4 cm³/mol. The highest BCUT2D eigenvalue weighted by molar-refractivity contribution is 5.77. The Kier molecular flexibility index (Phi) is 3.82. The van der Waals surface area contributed by atoms with E-state index in [0.29, 0.717) is 36.1 Å². The van der Waals surface area contributed by atoms with Crippen LogP contribution in [0.4, 0.5) is 0 Å². The Morgan fingerprint density at radius 2 is 1.92 bits per heavy atom. The number of ether oxygens (including phenoxy) is 1. The smallest absolute Gasteiger partial charge is 0.222 e. The summed E-state index contributed by atoms with van der Waals surface area (Å²) in [6.45, 7) is 4.73. The number of methoxy groups -OCH3 is 1. The van der Waals surface area contributed by atoms with Gasteiger partial charge in [0.2, 0.25) is 5.91 Å². The Morgan fingerprint density at radius 3 is 2.62 bits per heavy atom. The van der Waals surface area contributed by atoms with Gasteiger partial charge in [-0.25, -0.2) is 0 Å². The van der Waals surface area contributed by atoms with Gasteiger partial charge in [-0.3, -0.25) is 4.79 Å². The van der Waals surface area contributed by atoms with Crippen LogP contribution in [0.3, 0.4) is 0 Å². The number of likely N-dealkylation sites (tertiary alicyclic amines) is 1. The topological polar surface area (TPSA) is 49.8 Å². The van der Waals surface area contributed by atoms with Gasteiger partial charge in [0.1, 0.15) is 0 Å². The Bertz CT molecular complexity index is 537. The first-order valence-corrected chi connectivity index (χ1v) is 9.79. The van der Waals surface area contributed by atoms with Gasteiger partial charge >= 0.3 is 0 Å². The molecule has 8 atom stereocenters. The summed E-state index contributed by atoms with van der Waals surface area (Å²) in [5.41, 5.74) is 0.250. The van der Waals surface area contributed by atoms with Crippen molar-refractivity contribution >= 4 is 5.91 Å². The second-order valence-corrected chi connectivity index (χ2v) is 9.47. The minimum absolute atomic E-state index is 0.0153. The largest absolute Gasteiger partial charge is 0.392 e. The lowest BCUT2D eigenvalue weighted by Crippen LogP contribution is -2.62. The van der Waals surface area contributed by atoms with Crippen LogP contribution in [0.1, 0.15) is 58.8 Å². The van der Waals surface area contributed by atoms with Gasteiger partial charge in [-0.15, -0.1) is 0 Å². The summed E-state index contributed by atoms with van der Waals surface area (Å²) in [6, 6.07) is 0.400. The number of rotatable bonds is 1. The number of carbonyl (C=O) groups excluding carboxylic acids is 1. The van der Waals surface area contributed by atoms with Crippen LogP contribution in [-0.4, -0.2) is 48.3 Å². The van der Waals surface area contributed by atoms with Crippen LogP contribution in [0.15, 0.2) is 0 Å². The summed E-state index contributed by atoms with van der Waals surface area (Å²) in [6.07, 6.45) is 7.07. The summed E-state index contributed by atoms with van der Waals surface area (Å²) in [7, 11) is 3.82. The molecular formula is C20H33NO3. The molecule has 4 fully saturated rings. The van der Waals surface area contributed by atoms with Crippen molar-refractivity contribution in [2.45, 2.75) is 77.0 Å². The number of piperidine rings is 1. The molecule has 0 aromatic carbocycles.